The number of hydrazine groups is 1. The molecule has 5 heteroatoms. The Morgan fingerprint density at radius 2 is 2.39 bits per heavy atom. The molecule has 0 saturated heterocycles. The van der Waals surface area contributed by atoms with Crippen LogP contribution in [0, 0.1) is 6.92 Å². The highest BCUT2D eigenvalue weighted by Crippen LogP contribution is 2.21. The van der Waals surface area contributed by atoms with Gasteiger partial charge in [-0.3, -0.25) is 16.3 Å². The van der Waals surface area contributed by atoms with Crippen molar-refractivity contribution in [3.8, 4) is 0 Å². The standard InChI is InChI=1S/C13H17N3S2/c1-10-3-2-4-12(5-10)17-8-11(16-14)6-13-7-15-9-18-13/h2-5,7,9,11,16H,6,8,14H2,1H3. The number of nitrogens with two attached hydrogens (primary N) is 1. The van der Waals surface area contributed by atoms with E-state index in [2.05, 4.69) is 41.6 Å². The summed E-state index contributed by atoms with van der Waals surface area (Å²) in [6.45, 7) is 2.11. The van der Waals surface area contributed by atoms with Crippen LogP contribution in [0.5, 0.6) is 0 Å². The Morgan fingerprint density at radius 1 is 1.50 bits per heavy atom. The maximum atomic E-state index is 5.60. The van der Waals surface area contributed by atoms with Crippen LogP contribution in [0.15, 0.2) is 40.9 Å². The number of hydrogen-bond acceptors (Lipinski definition) is 5. The number of hydrogen-bond donors (Lipinski definition) is 2. The number of aryl methyl sites for hydroxylation is 1. The molecule has 2 aromatic rings. The van der Waals surface area contributed by atoms with Crippen molar-refractivity contribution in [2.45, 2.75) is 24.3 Å². The first-order chi connectivity index (χ1) is 8.78. The highest BCUT2D eigenvalue weighted by molar-refractivity contribution is 7.99. The van der Waals surface area contributed by atoms with Crippen molar-refractivity contribution in [2.24, 2.45) is 5.84 Å². The van der Waals surface area contributed by atoms with E-state index in [1.165, 1.54) is 15.3 Å². The molecule has 0 saturated carbocycles. The van der Waals surface area contributed by atoms with Gasteiger partial charge in [0.2, 0.25) is 0 Å². The van der Waals surface area contributed by atoms with Gasteiger partial charge in [0.05, 0.1) is 5.51 Å². The summed E-state index contributed by atoms with van der Waals surface area (Å²) in [5.74, 6) is 6.56. The zero-order valence-electron chi connectivity index (χ0n) is 10.3. The fourth-order valence-corrected chi connectivity index (χ4v) is 3.38. The summed E-state index contributed by atoms with van der Waals surface area (Å²) in [5.41, 5.74) is 6.03. The molecule has 0 bridgehead atoms. The van der Waals surface area contributed by atoms with Crippen LogP contribution in [-0.4, -0.2) is 16.8 Å². The number of benzene rings is 1. The lowest BCUT2D eigenvalue weighted by atomic mass is 10.2. The van der Waals surface area contributed by atoms with E-state index >= 15 is 0 Å². The second kappa shape index (κ2) is 6.89. The van der Waals surface area contributed by atoms with Gasteiger partial charge in [0.25, 0.3) is 0 Å². The smallest absolute Gasteiger partial charge is 0.0794 e. The number of nitrogens with one attached hydrogen (secondary N) is 1. The van der Waals surface area contributed by atoms with E-state index in [9.17, 15) is 0 Å². The lowest BCUT2D eigenvalue weighted by Crippen LogP contribution is -2.38. The normalized spacial score (nSPS) is 12.6. The van der Waals surface area contributed by atoms with E-state index in [4.69, 9.17) is 5.84 Å². The lowest BCUT2D eigenvalue weighted by Gasteiger charge is -2.14. The topological polar surface area (TPSA) is 50.9 Å². The van der Waals surface area contributed by atoms with Gasteiger partial charge in [-0.1, -0.05) is 17.7 Å². The molecule has 1 unspecified atom stereocenters. The molecule has 1 aromatic carbocycles. The summed E-state index contributed by atoms with van der Waals surface area (Å²) in [4.78, 5) is 6.64. The van der Waals surface area contributed by atoms with Crippen LogP contribution in [-0.2, 0) is 6.42 Å². The maximum absolute atomic E-state index is 5.60. The third kappa shape index (κ3) is 4.10. The van der Waals surface area contributed by atoms with Crippen LogP contribution in [0.1, 0.15) is 10.4 Å². The molecule has 3 N–H and O–H groups in total. The second-order valence-electron chi connectivity index (χ2n) is 4.16. The highest BCUT2D eigenvalue weighted by atomic mass is 32.2. The number of rotatable bonds is 6. The minimum absolute atomic E-state index is 0.274. The van der Waals surface area contributed by atoms with Crippen LogP contribution in [0.25, 0.3) is 0 Å². The summed E-state index contributed by atoms with van der Waals surface area (Å²) in [6.07, 6.45) is 2.84. The van der Waals surface area contributed by atoms with Crippen LogP contribution in [0.2, 0.25) is 0 Å². The first kappa shape index (κ1) is 13.5. The summed E-state index contributed by atoms with van der Waals surface area (Å²) < 4.78 is 0. The van der Waals surface area contributed by atoms with Gasteiger partial charge < -0.3 is 0 Å². The third-order valence-corrected chi connectivity index (χ3v) is 4.57. The zero-order chi connectivity index (χ0) is 12.8. The quantitative estimate of drug-likeness (QED) is 0.485. The number of nitrogens with zero attached hydrogens (tertiary/aromatic N) is 1. The molecule has 0 aliphatic carbocycles. The second-order valence-corrected chi connectivity index (χ2v) is 6.23. The van der Waals surface area contributed by atoms with Crippen LogP contribution in [0.4, 0.5) is 0 Å². The number of thiazole rings is 1. The van der Waals surface area contributed by atoms with E-state index < -0.39 is 0 Å². The monoisotopic (exact) mass is 279 g/mol. The molecular weight excluding hydrogens is 262 g/mol. The Labute approximate surface area is 116 Å². The molecule has 0 aliphatic rings. The summed E-state index contributed by atoms with van der Waals surface area (Å²) in [6, 6.07) is 8.81. The van der Waals surface area contributed by atoms with Crippen molar-refractivity contribution in [3.05, 3.63) is 46.4 Å². The van der Waals surface area contributed by atoms with Crippen LogP contribution in [0.3, 0.4) is 0 Å². The molecule has 0 fully saturated rings. The molecule has 0 radical (unpaired) electrons. The Hall–Kier alpha value is -0.880. The molecule has 1 heterocycles. The fraction of sp³-hybridized carbons (Fsp3) is 0.308. The predicted molar refractivity (Wildman–Crippen MR) is 78.8 cm³/mol. The van der Waals surface area contributed by atoms with Gasteiger partial charge >= 0.3 is 0 Å². The van der Waals surface area contributed by atoms with E-state index in [-0.39, 0.29) is 6.04 Å². The Balaban J connectivity index is 1.87. The summed E-state index contributed by atoms with van der Waals surface area (Å²) >= 11 is 3.51. The maximum Gasteiger partial charge on any atom is 0.0794 e. The average Bonchev–Trinajstić information content (AvgIpc) is 2.87. The third-order valence-electron chi connectivity index (χ3n) is 2.61. The van der Waals surface area contributed by atoms with Crippen molar-refractivity contribution >= 4 is 23.1 Å². The highest BCUT2D eigenvalue weighted by Gasteiger charge is 2.09. The van der Waals surface area contributed by atoms with Crippen LogP contribution >= 0.6 is 23.1 Å². The number of thioether (sulfide) groups is 1. The van der Waals surface area contributed by atoms with Gasteiger partial charge in [0.1, 0.15) is 0 Å². The van der Waals surface area contributed by atoms with Gasteiger partial charge in [-0.2, -0.15) is 0 Å². The SMILES string of the molecule is Cc1cccc(SCC(Cc2cncs2)NN)c1. The Bertz CT molecular complexity index is 471. The van der Waals surface area contributed by atoms with Crippen molar-refractivity contribution in [1.82, 2.24) is 10.4 Å². The van der Waals surface area contributed by atoms with E-state index in [0.29, 0.717) is 0 Å². The van der Waals surface area contributed by atoms with Gasteiger partial charge in [0, 0.05) is 34.2 Å². The first-order valence-corrected chi connectivity index (χ1v) is 7.67. The summed E-state index contributed by atoms with van der Waals surface area (Å²) in [7, 11) is 0. The Kier molecular flexibility index (Phi) is 5.19. The lowest BCUT2D eigenvalue weighted by molar-refractivity contribution is 0.579. The van der Waals surface area contributed by atoms with Gasteiger partial charge in [-0.05, 0) is 19.1 Å². The molecule has 2 rings (SSSR count). The van der Waals surface area contributed by atoms with Gasteiger partial charge in [0.15, 0.2) is 0 Å². The molecule has 0 aliphatic heterocycles. The minimum Gasteiger partial charge on any atom is -0.271 e. The van der Waals surface area contributed by atoms with E-state index in [1.54, 1.807) is 11.3 Å². The molecule has 1 aromatic heterocycles. The van der Waals surface area contributed by atoms with Gasteiger partial charge in [-0.15, -0.1) is 23.1 Å². The molecular formula is C13H17N3S2. The molecule has 0 amide bonds. The summed E-state index contributed by atoms with van der Waals surface area (Å²) in [5, 5.41) is 0. The average molecular weight is 279 g/mol. The Morgan fingerprint density at radius 3 is 3.06 bits per heavy atom. The first-order valence-electron chi connectivity index (χ1n) is 5.81. The van der Waals surface area contributed by atoms with Crippen molar-refractivity contribution < 1.29 is 0 Å². The molecule has 0 spiro atoms. The molecule has 96 valence electrons. The van der Waals surface area contributed by atoms with Crippen molar-refractivity contribution in [3.63, 3.8) is 0 Å². The minimum atomic E-state index is 0.274. The molecule has 3 nitrogen and oxygen atoms in total. The van der Waals surface area contributed by atoms with E-state index in [0.717, 1.165) is 12.2 Å². The van der Waals surface area contributed by atoms with Crippen molar-refractivity contribution in [2.75, 3.05) is 5.75 Å². The van der Waals surface area contributed by atoms with E-state index in [1.807, 2.05) is 23.5 Å². The molecule has 18 heavy (non-hydrogen) atoms. The van der Waals surface area contributed by atoms with Crippen LogP contribution < -0.4 is 11.3 Å². The van der Waals surface area contributed by atoms with Crippen molar-refractivity contribution in [1.29, 1.82) is 0 Å². The predicted octanol–water partition coefficient (Wildman–Crippen LogP) is 2.62. The fourth-order valence-electron chi connectivity index (χ4n) is 1.65. The zero-order valence-corrected chi connectivity index (χ0v) is 11.9. The molecule has 1 atom stereocenters. The largest absolute Gasteiger partial charge is 0.271 e. The number of aromatic nitrogens is 1. The van der Waals surface area contributed by atoms with Gasteiger partial charge in [-0.25, -0.2) is 0 Å².